The minimum atomic E-state index is 0.700. The van der Waals surface area contributed by atoms with Crippen LogP contribution in [0.1, 0.15) is 11.6 Å². The Hall–Kier alpha value is -1.83. The van der Waals surface area contributed by atoms with Gasteiger partial charge < -0.3 is 4.42 Å². The lowest BCUT2D eigenvalue weighted by Crippen LogP contribution is -1.85. The van der Waals surface area contributed by atoms with Crippen LogP contribution in [0.5, 0.6) is 0 Å². The van der Waals surface area contributed by atoms with Crippen molar-refractivity contribution in [2.24, 2.45) is 0 Å². The lowest BCUT2D eigenvalue weighted by atomic mass is 10.1. The van der Waals surface area contributed by atoms with Crippen LogP contribution in [0.3, 0.4) is 0 Å². The molecule has 0 atom stereocenters. The first-order valence-corrected chi connectivity index (χ1v) is 4.94. The highest BCUT2D eigenvalue weighted by Gasteiger charge is 2.10. The maximum atomic E-state index is 5.59. The van der Waals surface area contributed by atoms with E-state index >= 15 is 0 Å². The summed E-state index contributed by atoms with van der Waals surface area (Å²) in [4.78, 5) is 4.34. The predicted molar refractivity (Wildman–Crippen MR) is 60.6 cm³/mol. The smallest absolute Gasteiger partial charge is 0.192 e. The third-order valence-electron chi connectivity index (χ3n) is 2.18. The maximum absolute atomic E-state index is 5.59. The van der Waals surface area contributed by atoms with Crippen LogP contribution < -0.4 is 0 Å². The molecule has 0 saturated carbocycles. The minimum absolute atomic E-state index is 0.700. The molecule has 0 saturated heterocycles. The van der Waals surface area contributed by atoms with E-state index in [1.54, 1.807) is 0 Å². The predicted octanol–water partition coefficient (Wildman–Crippen LogP) is 3.38. The van der Waals surface area contributed by atoms with Gasteiger partial charge in [-0.15, -0.1) is 6.58 Å². The molecule has 1 aromatic heterocycles. The Labute approximate surface area is 89.3 Å². The van der Waals surface area contributed by atoms with Gasteiger partial charge in [0.25, 0.3) is 0 Å². The van der Waals surface area contributed by atoms with Crippen molar-refractivity contribution in [2.45, 2.75) is 13.3 Å². The van der Waals surface area contributed by atoms with E-state index in [4.69, 9.17) is 4.42 Å². The zero-order valence-corrected chi connectivity index (χ0v) is 8.73. The highest BCUT2D eigenvalue weighted by atomic mass is 16.4. The van der Waals surface area contributed by atoms with Crippen LogP contribution in [0.4, 0.5) is 0 Å². The van der Waals surface area contributed by atoms with Gasteiger partial charge in [-0.2, -0.15) is 0 Å². The fourth-order valence-electron chi connectivity index (χ4n) is 1.56. The summed E-state index contributed by atoms with van der Waals surface area (Å²) in [5.74, 6) is 1.55. The lowest BCUT2D eigenvalue weighted by molar-refractivity contribution is 0.534. The number of benzene rings is 1. The molecule has 0 radical (unpaired) electrons. The number of nitrogens with zero attached hydrogens (tertiary/aromatic N) is 1. The molecule has 0 aliphatic heterocycles. The van der Waals surface area contributed by atoms with Crippen molar-refractivity contribution in [1.29, 1.82) is 0 Å². The molecule has 0 unspecified atom stereocenters. The third-order valence-corrected chi connectivity index (χ3v) is 2.18. The van der Waals surface area contributed by atoms with Crippen molar-refractivity contribution in [3.05, 3.63) is 54.6 Å². The summed E-state index contributed by atoms with van der Waals surface area (Å²) in [6.45, 7) is 5.58. The summed E-state index contributed by atoms with van der Waals surface area (Å²) in [6.07, 6.45) is 2.57. The number of oxazole rings is 1. The summed E-state index contributed by atoms with van der Waals surface area (Å²) in [5, 5.41) is 0. The zero-order chi connectivity index (χ0) is 10.7. The van der Waals surface area contributed by atoms with Crippen LogP contribution in [0.2, 0.25) is 0 Å². The van der Waals surface area contributed by atoms with Gasteiger partial charge in [0, 0.05) is 18.9 Å². The topological polar surface area (TPSA) is 26.0 Å². The summed E-state index contributed by atoms with van der Waals surface area (Å²) < 4.78 is 5.59. The van der Waals surface area contributed by atoms with Crippen LogP contribution in [-0.2, 0) is 6.42 Å². The number of hydrogen-bond acceptors (Lipinski definition) is 2. The molecule has 2 aromatic rings. The largest absolute Gasteiger partial charge is 0.441 e. The summed E-state index contributed by atoms with van der Waals surface area (Å²) in [6, 6.07) is 10.0. The number of aryl methyl sites for hydroxylation is 1. The number of aromatic nitrogens is 1. The fraction of sp³-hybridized carbons (Fsp3) is 0.154. The summed E-state index contributed by atoms with van der Waals surface area (Å²) in [5.41, 5.74) is 2.02. The molecule has 1 aromatic carbocycles. The second-order valence-corrected chi connectivity index (χ2v) is 3.37. The van der Waals surface area contributed by atoms with E-state index in [0.717, 1.165) is 23.4 Å². The van der Waals surface area contributed by atoms with Gasteiger partial charge in [-0.3, -0.25) is 0 Å². The maximum Gasteiger partial charge on any atom is 0.192 e. The van der Waals surface area contributed by atoms with E-state index in [2.05, 4.69) is 11.6 Å². The molecule has 0 aliphatic rings. The van der Waals surface area contributed by atoms with Crippen molar-refractivity contribution in [2.75, 3.05) is 0 Å². The van der Waals surface area contributed by atoms with Crippen LogP contribution in [0.15, 0.2) is 47.4 Å². The molecular weight excluding hydrogens is 186 g/mol. The van der Waals surface area contributed by atoms with Gasteiger partial charge in [-0.1, -0.05) is 36.4 Å². The van der Waals surface area contributed by atoms with Crippen LogP contribution in [-0.4, -0.2) is 4.98 Å². The Balaban J connectivity index is 2.47. The molecule has 1 heterocycles. The van der Waals surface area contributed by atoms with Gasteiger partial charge in [0.1, 0.15) is 0 Å². The first-order valence-electron chi connectivity index (χ1n) is 4.94. The summed E-state index contributed by atoms with van der Waals surface area (Å²) >= 11 is 0. The SMILES string of the molecule is C=CCc1nc(C)oc1-c1ccccc1. The average Bonchev–Trinajstić information content (AvgIpc) is 2.62. The normalized spacial score (nSPS) is 10.2. The molecule has 2 heteroatoms. The molecular formula is C13H13NO. The van der Waals surface area contributed by atoms with E-state index < -0.39 is 0 Å². The van der Waals surface area contributed by atoms with Gasteiger partial charge >= 0.3 is 0 Å². The highest BCUT2D eigenvalue weighted by Crippen LogP contribution is 2.24. The van der Waals surface area contributed by atoms with Crippen LogP contribution in [0.25, 0.3) is 11.3 Å². The second kappa shape index (κ2) is 4.13. The molecule has 0 aliphatic carbocycles. The molecule has 2 nitrogen and oxygen atoms in total. The Morgan fingerprint density at radius 2 is 2.07 bits per heavy atom. The van der Waals surface area contributed by atoms with E-state index in [1.807, 2.05) is 43.3 Å². The van der Waals surface area contributed by atoms with Gasteiger partial charge in [0.2, 0.25) is 0 Å². The van der Waals surface area contributed by atoms with E-state index in [9.17, 15) is 0 Å². The van der Waals surface area contributed by atoms with Crippen LogP contribution in [0, 0.1) is 6.92 Å². The third kappa shape index (κ3) is 1.99. The van der Waals surface area contributed by atoms with Gasteiger partial charge in [0.05, 0.1) is 5.69 Å². The number of rotatable bonds is 3. The quantitative estimate of drug-likeness (QED) is 0.708. The first kappa shape index (κ1) is 9.71. The zero-order valence-electron chi connectivity index (χ0n) is 8.73. The summed E-state index contributed by atoms with van der Waals surface area (Å²) in [7, 11) is 0. The Bertz CT molecular complexity index is 457. The first-order chi connectivity index (χ1) is 7.31. The lowest BCUT2D eigenvalue weighted by Gasteiger charge is -1.97. The standard InChI is InChI=1S/C13H13NO/c1-3-7-12-13(15-10(2)14-12)11-8-5-4-6-9-11/h3-6,8-9H,1,7H2,2H3. The molecule has 0 N–H and O–H groups in total. The Morgan fingerprint density at radius 3 is 2.73 bits per heavy atom. The minimum Gasteiger partial charge on any atom is -0.441 e. The van der Waals surface area contributed by atoms with Crippen molar-refractivity contribution in [3.63, 3.8) is 0 Å². The molecule has 76 valence electrons. The molecule has 2 rings (SSSR count). The Kier molecular flexibility index (Phi) is 2.68. The van der Waals surface area contributed by atoms with Crippen molar-refractivity contribution in [1.82, 2.24) is 4.98 Å². The van der Waals surface area contributed by atoms with E-state index in [0.29, 0.717) is 5.89 Å². The molecule has 0 spiro atoms. The van der Waals surface area contributed by atoms with Crippen molar-refractivity contribution >= 4 is 0 Å². The van der Waals surface area contributed by atoms with E-state index in [-0.39, 0.29) is 0 Å². The van der Waals surface area contributed by atoms with Crippen molar-refractivity contribution in [3.8, 4) is 11.3 Å². The Morgan fingerprint density at radius 1 is 1.33 bits per heavy atom. The number of hydrogen-bond donors (Lipinski definition) is 0. The molecule has 0 amide bonds. The molecule has 0 fully saturated rings. The highest BCUT2D eigenvalue weighted by molar-refractivity contribution is 5.59. The van der Waals surface area contributed by atoms with Gasteiger partial charge in [-0.05, 0) is 0 Å². The fourth-order valence-corrected chi connectivity index (χ4v) is 1.56. The average molecular weight is 199 g/mol. The van der Waals surface area contributed by atoms with Gasteiger partial charge in [-0.25, -0.2) is 4.98 Å². The van der Waals surface area contributed by atoms with Crippen LogP contribution >= 0.6 is 0 Å². The van der Waals surface area contributed by atoms with E-state index in [1.165, 1.54) is 0 Å². The monoisotopic (exact) mass is 199 g/mol. The van der Waals surface area contributed by atoms with Crippen molar-refractivity contribution < 1.29 is 4.42 Å². The molecule has 15 heavy (non-hydrogen) atoms. The second-order valence-electron chi connectivity index (χ2n) is 3.37. The number of allylic oxidation sites excluding steroid dienone is 1. The van der Waals surface area contributed by atoms with Gasteiger partial charge in [0.15, 0.2) is 11.7 Å². The molecule has 0 bridgehead atoms.